The highest BCUT2D eigenvalue weighted by molar-refractivity contribution is 7.16. The smallest absolute Gasteiger partial charge is 0.306 e. The number of carbonyl (C=O) groups is 2. The Labute approximate surface area is 200 Å². The van der Waals surface area contributed by atoms with Crippen molar-refractivity contribution < 1.29 is 9.59 Å². The van der Waals surface area contributed by atoms with Crippen molar-refractivity contribution >= 4 is 33.4 Å². The van der Waals surface area contributed by atoms with Crippen molar-refractivity contribution in [3.63, 3.8) is 0 Å². The van der Waals surface area contributed by atoms with Gasteiger partial charge in [-0.1, -0.05) is 36.7 Å². The zero-order chi connectivity index (χ0) is 23.4. The molecule has 6 nitrogen and oxygen atoms in total. The molecule has 2 heterocycles. The summed E-state index contributed by atoms with van der Waals surface area (Å²) in [5, 5.41) is 0. The monoisotopic (exact) mass is 471 g/mol. The molecule has 2 fully saturated rings. The number of fused-ring (bicyclic) bond motifs is 1. The topological polar surface area (TPSA) is 62.6 Å². The van der Waals surface area contributed by atoms with Gasteiger partial charge in [0.2, 0.25) is 11.8 Å². The van der Waals surface area contributed by atoms with E-state index in [1.54, 1.807) is 9.47 Å². The molecule has 1 aliphatic heterocycles. The van der Waals surface area contributed by atoms with Gasteiger partial charge in [0.15, 0.2) is 0 Å². The number of benzene rings is 1. The van der Waals surface area contributed by atoms with Gasteiger partial charge in [0.05, 0.1) is 15.6 Å². The van der Waals surface area contributed by atoms with E-state index < -0.39 is 0 Å². The van der Waals surface area contributed by atoms with E-state index >= 15 is 0 Å². The van der Waals surface area contributed by atoms with E-state index in [0.29, 0.717) is 13.0 Å². The number of imide groups is 1. The molecule has 1 spiro atoms. The first-order valence-corrected chi connectivity index (χ1v) is 13.3. The van der Waals surface area contributed by atoms with Crippen LogP contribution in [0.4, 0.5) is 0 Å². The molecule has 0 N–H and O–H groups in total. The van der Waals surface area contributed by atoms with Gasteiger partial charge in [0.1, 0.15) is 0 Å². The Balaban J connectivity index is 1.12. The molecule has 1 aliphatic carbocycles. The van der Waals surface area contributed by atoms with Crippen LogP contribution in [0.5, 0.6) is 0 Å². The Morgan fingerprint density at radius 1 is 1.00 bits per heavy atom. The molecular formula is C26H37N3O3S. The first kappa shape index (κ1) is 24.1. The van der Waals surface area contributed by atoms with Gasteiger partial charge >= 0.3 is 4.87 Å². The van der Waals surface area contributed by atoms with Crippen molar-refractivity contribution in [2.45, 2.75) is 70.6 Å². The van der Waals surface area contributed by atoms with Crippen LogP contribution in [0, 0.1) is 5.41 Å². The van der Waals surface area contributed by atoms with Crippen molar-refractivity contribution in [2.24, 2.45) is 12.5 Å². The molecule has 2 aromatic rings. The molecule has 0 radical (unpaired) electrons. The van der Waals surface area contributed by atoms with Crippen molar-refractivity contribution in [3.8, 4) is 0 Å². The van der Waals surface area contributed by atoms with Gasteiger partial charge in [0.25, 0.3) is 0 Å². The van der Waals surface area contributed by atoms with Crippen LogP contribution in [-0.2, 0) is 23.1 Å². The molecule has 180 valence electrons. The zero-order valence-corrected chi connectivity index (χ0v) is 20.9. The number of hydrogen-bond donors (Lipinski definition) is 0. The Bertz CT molecular complexity index is 1050. The fourth-order valence-electron chi connectivity index (χ4n) is 5.51. The van der Waals surface area contributed by atoms with E-state index in [0.717, 1.165) is 81.1 Å². The molecule has 0 atom stereocenters. The van der Waals surface area contributed by atoms with Gasteiger partial charge in [-0.05, 0) is 82.8 Å². The van der Waals surface area contributed by atoms with E-state index in [4.69, 9.17) is 0 Å². The number of carbonyl (C=O) groups excluding carboxylic acids is 2. The Morgan fingerprint density at radius 3 is 2.48 bits per heavy atom. The van der Waals surface area contributed by atoms with E-state index in [-0.39, 0.29) is 22.1 Å². The number of thiazole rings is 1. The van der Waals surface area contributed by atoms with Crippen molar-refractivity contribution in [3.05, 3.63) is 33.4 Å². The van der Waals surface area contributed by atoms with Gasteiger partial charge in [0, 0.05) is 20.0 Å². The normalized spacial score (nSPS) is 18.3. The molecule has 1 saturated carbocycles. The molecule has 0 unspecified atom stereocenters. The number of hydrogen-bond acceptors (Lipinski definition) is 5. The second-order valence-electron chi connectivity index (χ2n) is 10.1. The lowest BCUT2D eigenvalue weighted by molar-refractivity contribution is -0.142. The molecule has 1 aromatic heterocycles. The summed E-state index contributed by atoms with van der Waals surface area (Å²) in [5.74, 6) is 0.165. The maximum absolute atomic E-state index is 12.9. The summed E-state index contributed by atoms with van der Waals surface area (Å²) in [7, 11) is 3.97. The largest absolute Gasteiger partial charge is 0.307 e. The van der Waals surface area contributed by atoms with E-state index in [1.165, 1.54) is 23.3 Å². The van der Waals surface area contributed by atoms with Gasteiger partial charge < -0.3 is 9.47 Å². The number of likely N-dealkylation sites (tertiary alicyclic amines) is 1. The minimum atomic E-state index is -0.352. The van der Waals surface area contributed by atoms with E-state index in [1.807, 2.05) is 7.05 Å². The third-order valence-corrected chi connectivity index (χ3v) is 8.58. The summed E-state index contributed by atoms with van der Waals surface area (Å²) < 4.78 is 2.78. The third kappa shape index (κ3) is 5.40. The van der Waals surface area contributed by atoms with Crippen LogP contribution < -0.4 is 4.87 Å². The summed E-state index contributed by atoms with van der Waals surface area (Å²) in [5.41, 5.74) is 1.96. The highest BCUT2D eigenvalue weighted by Crippen LogP contribution is 2.45. The molecule has 33 heavy (non-hydrogen) atoms. The predicted molar refractivity (Wildman–Crippen MR) is 134 cm³/mol. The molecular weight excluding hydrogens is 434 g/mol. The van der Waals surface area contributed by atoms with Crippen LogP contribution in [-0.4, -0.2) is 52.9 Å². The van der Waals surface area contributed by atoms with Crippen LogP contribution in [0.1, 0.15) is 69.8 Å². The molecule has 2 amide bonds. The minimum absolute atomic E-state index is 0.0521. The van der Waals surface area contributed by atoms with E-state index in [2.05, 4.69) is 30.1 Å². The lowest BCUT2D eigenvalue weighted by atomic mass is 9.73. The molecule has 4 rings (SSSR count). The summed E-state index contributed by atoms with van der Waals surface area (Å²) in [6.07, 6.45) is 10.8. The van der Waals surface area contributed by atoms with Crippen molar-refractivity contribution in [2.75, 3.05) is 26.7 Å². The zero-order valence-electron chi connectivity index (χ0n) is 20.1. The summed E-state index contributed by atoms with van der Waals surface area (Å²) in [4.78, 5) is 41.1. The van der Waals surface area contributed by atoms with Crippen LogP contribution in [0.15, 0.2) is 23.0 Å². The fraction of sp³-hybridized carbons (Fsp3) is 0.654. The Hall–Kier alpha value is -1.99. The third-order valence-electron chi connectivity index (χ3n) is 7.58. The lowest BCUT2D eigenvalue weighted by Gasteiger charge is -2.30. The Kier molecular flexibility index (Phi) is 7.69. The average molecular weight is 472 g/mol. The summed E-state index contributed by atoms with van der Waals surface area (Å²) in [6, 6.07) is 6.35. The van der Waals surface area contributed by atoms with Crippen molar-refractivity contribution in [1.82, 2.24) is 14.4 Å². The maximum atomic E-state index is 12.9. The number of aromatic nitrogens is 1. The van der Waals surface area contributed by atoms with Crippen LogP contribution in [0.3, 0.4) is 0 Å². The number of aryl methyl sites for hydroxylation is 2. The first-order valence-electron chi connectivity index (χ1n) is 12.5. The van der Waals surface area contributed by atoms with Crippen molar-refractivity contribution in [1.29, 1.82) is 0 Å². The molecule has 7 heteroatoms. The second kappa shape index (κ2) is 10.5. The molecule has 2 aliphatic rings. The molecule has 1 saturated heterocycles. The summed E-state index contributed by atoms with van der Waals surface area (Å²) in [6.45, 7) is 2.62. The van der Waals surface area contributed by atoms with Crippen LogP contribution in [0.25, 0.3) is 10.2 Å². The molecule has 0 bridgehead atoms. The quantitative estimate of drug-likeness (QED) is 0.382. The van der Waals surface area contributed by atoms with Crippen LogP contribution in [0.2, 0.25) is 0 Å². The minimum Gasteiger partial charge on any atom is -0.306 e. The SMILES string of the molecule is CN(CCCCc1ccc2c(c1)sc(=O)n2C)CCCCN1C(=O)CC2(CCCCC2)C1=O. The van der Waals surface area contributed by atoms with Gasteiger partial charge in [-0.15, -0.1) is 0 Å². The Morgan fingerprint density at radius 2 is 1.73 bits per heavy atom. The standard InChI is InChI=1S/C26H37N3O3S/c1-27(15-7-4-10-20-11-12-21-22(18-20)33-25(32)28(21)2)16-8-9-17-29-23(30)19-26(24(29)31)13-5-3-6-14-26/h11-12,18H,3-10,13-17,19H2,1-2H3. The predicted octanol–water partition coefficient (Wildman–Crippen LogP) is 4.34. The number of amides is 2. The first-order chi connectivity index (χ1) is 15.9. The van der Waals surface area contributed by atoms with Gasteiger partial charge in [-0.25, -0.2) is 0 Å². The average Bonchev–Trinajstić information content (AvgIpc) is 3.21. The number of rotatable bonds is 10. The van der Waals surface area contributed by atoms with Gasteiger partial charge in [-0.3, -0.25) is 19.3 Å². The van der Waals surface area contributed by atoms with E-state index in [9.17, 15) is 14.4 Å². The highest BCUT2D eigenvalue weighted by atomic mass is 32.1. The number of unbranched alkanes of at least 4 members (excludes halogenated alkanes) is 2. The van der Waals surface area contributed by atoms with Gasteiger partial charge in [-0.2, -0.15) is 0 Å². The fourth-order valence-corrected chi connectivity index (χ4v) is 6.46. The lowest BCUT2D eigenvalue weighted by Crippen LogP contribution is -2.37. The van der Waals surface area contributed by atoms with Crippen LogP contribution >= 0.6 is 11.3 Å². The maximum Gasteiger partial charge on any atom is 0.307 e. The second-order valence-corrected chi connectivity index (χ2v) is 11.1. The summed E-state index contributed by atoms with van der Waals surface area (Å²) >= 11 is 1.32. The molecule has 1 aromatic carbocycles. The number of nitrogens with zero attached hydrogens (tertiary/aromatic N) is 3. The highest BCUT2D eigenvalue weighted by Gasteiger charge is 2.51.